The minimum absolute atomic E-state index is 0.00403. The zero-order valence-corrected chi connectivity index (χ0v) is 21.3. The summed E-state index contributed by atoms with van der Waals surface area (Å²) in [6, 6.07) is 11.0. The van der Waals surface area contributed by atoms with E-state index in [1.54, 1.807) is 42.5 Å². The largest absolute Gasteiger partial charge is 0.507 e. The van der Waals surface area contributed by atoms with E-state index in [9.17, 15) is 14.7 Å². The Morgan fingerprint density at radius 2 is 1.77 bits per heavy atom. The molecule has 8 heteroatoms. The van der Waals surface area contributed by atoms with Gasteiger partial charge in [0, 0.05) is 24.2 Å². The van der Waals surface area contributed by atoms with Crippen molar-refractivity contribution >= 4 is 29.1 Å². The molecule has 1 fully saturated rings. The summed E-state index contributed by atoms with van der Waals surface area (Å²) in [6.45, 7) is 7.49. The molecule has 1 heterocycles. The Morgan fingerprint density at radius 3 is 2.40 bits per heavy atom. The van der Waals surface area contributed by atoms with Gasteiger partial charge >= 0.3 is 0 Å². The Morgan fingerprint density at radius 1 is 1.06 bits per heavy atom. The second-order valence-corrected chi connectivity index (χ2v) is 9.10. The lowest BCUT2D eigenvalue weighted by Crippen LogP contribution is -2.32. The number of amides is 1. The fourth-order valence-electron chi connectivity index (χ4n) is 3.90. The summed E-state index contributed by atoms with van der Waals surface area (Å²) in [4.78, 5) is 27.5. The van der Waals surface area contributed by atoms with E-state index in [4.69, 9.17) is 25.8 Å². The van der Waals surface area contributed by atoms with Gasteiger partial charge in [0.05, 0.1) is 31.4 Å². The van der Waals surface area contributed by atoms with Crippen molar-refractivity contribution in [3.63, 3.8) is 0 Å². The second-order valence-electron chi connectivity index (χ2n) is 8.66. The standard InChI is InChI=1S/C27H32ClNO6/c1-5-34-22-16-19(8-11-21(22)35-14-12-17(2)3)24-23(25(30)18-6-9-20(28)10-7-18)26(31)27(32)29(24)13-15-33-4/h6-11,16-17,24,30H,5,12-15H2,1-4H3. The maximum atomic E-state index is 13.1. The van der Waals surface area contributed by atoms with Gasteiger partial charge in [-0.25, -0.2) is 0 Å². The highest BCUT2D eigenvalue weighted by molar-refractivity contribution is 6.46. The number of methoxy groups -OCH3 is 1. The van der Waals surface area contributed by atoms with Crippen molar-refractivity contribution in [2.24, 2.45) is 5.92 Å². The predicted molar refractivity (Wildman–Crippen MR) is 135 cm³/mol. The summed E-state index contributed by atoms with van der Waals surface area (Å²) in [5.74, 6) is -0.120. The summed E-state index contributed by atoms with van der Waals surface area (Å²) in [5.41, 5.74) is 1.02. The van der Waals surface area contributed by atoms with Crippen LogP contribution in [0, 0.1) is 5.92 Å². The number of nitrogens with zero attached hydrogens (tertiary/aromatic N) is 1. The third-order valence-corrected chi connectivity index (χ3v) is 5.98. The van der Waals surface area contributed by atoms with Crippen LogP contribution in [0.1, 0.15) is 44.4 Å². The predicted octanol–water partition coefficient (Wildman–Crippen LogP) is 5.23. The number of aliphatic hydroxyl groups is 1. The third kappa shape index (κ3) is 6.16. The number of aliphatic hydroxyl groups excluding tert-OH is 1. The van der Waals surface area contributed by atoms with E-state index in [1.807, 2.05) is 6.92 Å². The number of hydrogen-bond acceptors (Lipinski definition) is 6. The van der Waals surface area contributed by atoms with E-state index in [0.717, 1.165) is 6.42 Å². The maximum Gasteiger partial charge on any atom is 0.295 e. The first-order chi connectivity index (χ1) is 16.8. The Balaban J connectivity index is 2.09. The van der Waals surface area contributed by atoms with E-state index >= 15 is 0 Å². The molecular formula is C27H32ClNO6. The van der Waals surface area contributed by atoms with Crippen LogP contribution in [-0.2, 0) is 14.3 Å². The topological polar surface area (TPSA) is 85.3 Å². The molecule has 1 saturated heterocycles. The Bertz CT molecular complexity index is 1080. The highest BCUT2D eigenvalue weighted by atomic mass is 35.5. The number of hydrogen-bond donors (Lipinski definition) is 1. The van der Waals surface area contributed by atoms with Gasteiger partial charge in [-0.1, -0.05) is 31.5 Å². The van der Waals surface area contributed by atoms with Crippen LogP contribution in [0.15, 0.2) is 48.0 Å². The number of carbonyl (C=O) groups excluding carboxylic acids is 2. The summed E-state index contributed by atoms with van der Waals surface area (Å²) >= 11 is 5.98. The van der Waals surface area contributed by atoms with Crippen molar-refractivity contribution in [1.82, 2.24) is 4.90 Å². The molecule has 1 unspecified atom stereocenters. The van der Waals surface area contributed by atoms with Gasteiger partial charge in [-0.2, -0.15) is 0 Å². The number of ketones is 1. The molecule has 3 rings (SSSR count). The average molecular weight is 502 g/mol. The normalized spacial score (nSPS) is 17.3. The van der Waals surface area contributed by atoms with Crippen LogP contribution in [0.25, 0.3) is 5.76 Å². The summed E-state index contributed by atoms with van der Waals surface area (Å²) in [7, 11) is 1.52. The summed E-state index contributed by atoms with van der Waals surface area (Å²) < 4.78 is 16.9. The Labute approximate surface area is 211 Å². The minimum atomic E-state index is -0.815. The number of ether oxygens (including phenoxy) is 3. The van der Waals surface area contributed by atoms with E-state index in [0.29, 0.717) is 46.8 Å². The monoisotopic (exact) mass is 501 g/mol. The van der Waals surface area contributed by atoms with Crippen LogP contribution < -0.4 is 9.47 Å². The molecule has 1 aliphatic heterocycles. The molecule has 2 aromatic carbocycles. The number of Topliss-reactive ketones (excluding diaryl/α,β-unsaturated/α-hetero) is 1. The van der Waals surface area contributed by atoms with Crippen molar-refractivity contribution < 1.29 is 28.9 Å². The van der Waals surface area contributed by atoms with Crippen molar-refractivity contribution in [2.45, 2.75) is 33.2 Å². The second kappa shape index (κ2) is 12.1. The lowest BCUT2D eigenvalue weighted by Gasteiger charge is -2.26. The van der Waals surface area contributed by atoms with Gasteiger partial charge < -0.3 is 24.2 Å². The van der Waals surface area contributed by atoms with Gasteiger partial charge in [-0.05, 0) is 61.2 Å². The molecule has 1 aliphatic rings. The van der Waals surface area contributed by atoms with Gasteiger partial charge in [-0.3, -0.25) is 9.59 Å². The van der Waals surface area contributed by atoms with Crippen LogP contribution in [0.2, 0.25) is 5.02 Å². The Kier molecular flexibility index (Phi) is 9.18. The number of benzene rings is 2. The Hall–Kier alpha value is -3.03. The highest BCUT2D eigenvalue weighted by Gasteiger charge is 2.46. The maximum absolute atomic E-state index is 13.1. The van der Waals surface area contributed by atoms with Crippen LogP contribution in [0.4, 0.5) is 0 Å². The molecule has 0 aliphatic carbocycles. The lowest BCUT2D eigenvalue weighted by molar-refractivity contribution is -0.140. The molecule has 0 aromatic heterocycles. The van der Waals surface area contributed by atoms with Gasteiger partial charge in [0.15, 0.2) is 11.5 Å². The first-order valence-electron chi connectivity index (χ1n) is 11.7. The molecule has 1 N–H and O–H groups in total. The van der Waals surface area contributed by atoms with E-state index in [-0.39, 0.29) is 24.5 Å². The van der Waals surface area contributed by atoms with Crippen LogP contribution in [0.5, 0.6) is 11.5 Å². The zero-order valence-electron chi connectivity index (χ0n) is 20.5. The molecule has 1 atom stereocenters. The number of halogens is 1. The molecule has 35 heavy (non-hydrogen) atoms. The van der Waals surface area contributed by atoms with Crippen LogP contribution >= 0.6 is 11.6 Å². The van der Waals surface area contributed by atoms with Crippen molar-refractivity contribution in [2.75, 3.05) is 33.5 Å². The van der Waals surface area contributed by atoms with E-state index < -0.39 is 17.7 Å². The van der Waals surface area contributed by atoms with Crippen molar-refractivity contribution in [3.05, 3.63) is 64.2 Å². The highest BCUT2D eigenvalue weighted by Crippen LogP contribution is 2.42. The smallest absolute Gasteiger partial charge is 0.295 e. The zero-order chi connectivity index (χ0) is 25.5. The number of rotatable bonds is 11. The number of likely N-dealkylation sites (tertiary alicyclic amines) is 1. The SMILES string of the molecule is CCOc1cc(C2C(=C(O)c3ccc(Cl)cc3)C(=O)C(=O)N2CCOC)ccc1OCCC(C)C. The fourth-order valence-corrected chi connectivity index (χ4v) is 4.02. The molecule has 7 nitrogen and oxygen atoms in total. The van der Waals surface area contributed by atoms with Gasteiger partial charge in [0.25, 0.3) is 11.7 Å². The van der Waals surface area contributed by atoms with E-state index in [1.165, 1.54) is 12.0 Å². The van der Waals surface area contributed by atoms with E-state index in [2.05, 4.69) is 13.8 Å². The number of carbonyl (C=O) groups is 2. The lowest BCUT2D eigenvalue weighted by atomic mass is 9.95. The van der Waals surface area contributed by atoms with Crippen molar-refractivity contribution in [3.8, 4) is 11.5 Å². The first-order valence-corrected chi connectivity index (χ1v) is 12.1. The molecule has 0 spiro atoms. The van der Waals surface area contributed by atoms with Gasteiger partial charge in [-0.15, -0.1) is 0 Å². The molecular weight excluding hydrogens is 470 g/mol. The molecule has 0 radical (unpaired) electrons. The van der Waals surface area contributed by atoms with Crippen molar-refractivity contribution in [1.29, 1.82) is 0 Å². The summed E-state index contributed by atoms with van der Waals surface area (Å²) in [6.07, 6.45) is 0.894. The summed E-state index contributed by atoms with van der Waals surface area (Å²) in [5, 5.41) is 11.6. The molecule has 0 bridgehead atoms. The van der Waals surface area contributed by atoms with Crippen LogP contribution in [-0.4, -0.2) is 55.2 Å². The third-order valence-electron chi connectivity index (χ3n) is 5.73. The van der Waals surface area contributed by atoms with Crippen LogP contribution in [0.3, 0.4) is 0 Å². The fraction of sp³-hybridized carbons (Fsp3) is 0.407. The molecule has 188 valence electrons. The van der Waals surface area contributed by atoms with Gasteiger partial charge in [0.2, 0.25) is 0 Å². The van der Waals surface area contributed by atoms with Gasteiger partial charge in [0.1, 0.15) is 5.76 Å². The average Bonchev–Trinajstić information content (AvgIpc) is 3.08. The molecule has 1 amide bonds. The first kappa shape index (κ1) is 26.6. The molecule has 0 saturated carbocycles. The minimum Gasteiger partial charge on any atom is -0.507 e. The quantitative estimate of drug-likeness (QED) is 0.258. The molecule has 2 aromatic rings.